The number of carbonyl (C=O) groups excluding carboxylic acids is 3. The number of imide groups is 1. The molecular formula is C18H15N6O4+. The van der Waals surface area contributed by atoms with Crippen LogP contribution in [0.1, 0.15) is 10.4 Å². The summed E-state index contributed by atoms with van der Waals surface area (Å²) in [6, 6.07) is 6.37. The summed E-state index contributed by atoms with van der Waals surface area (Å²) in [4.78, 5) is 49.7. The fourth-order valence-electron chi connectivity index (χ4n) is 2.75. The van der Waals surface area contributed by atoms with E-state index in [2.05, 4.69) is 15.0 Å². The van der Waals surface area contributed by atoms with Gasteiger partial charge >= 0.3 is 17.8 Å². The molecule has 0 aliphatic carbocycles. The Hall–Kier alpha value is -3.95. The summed E-state index contributed by atoms with van der Waals surface area (Å²) in [5.74, 6) is 0.179. The molecule has 10 heteroatoms. The first-order chi connectivity index (χ1) is 13.5. The molecule has 2 aliphatic heterocycles. The zero-order chi connectivity index (χ0) is 19.8. The van der Waals surface area contributed by atoms with Gasteiger partial charge in [0.25, 0.3) is 5.91 Å². The van der Waals surface area contributed by atoms with Gasteiger partial charge in [-0.1, -0.05) is 11.1 Å². The molecule has 28 heavy (non-hydrogen) atoms. The molecule has 10 nitrogen and oxygen atoms in total. The number of aromatic nitrogens is 2. The van der Waals surface area contributed by atoms with Crippen molar-refractivity contribution in [2.45, 2.75) is 0 Å². The van der Waals surface area contributed by atoms with Crippen molar-refractivity contribution >= 4 is 35.2 Å². The lowest BCUT2D eigenvalue weighted by Gasteiger charge is -2.15. The summed E-state index contributed by atoms with van der Waals surface area (Å²) < 4.78 is 8.14. The minimum atomic E-state index is -0.504. The molecule has 0 saturated heterocycles. The average Bonchev–Trinajstić information content (AvgIpc) is 3.39. The lowest BCUT2D eigenvalue weighted by Crippen LogP contribution is -2.51. The summed E-state index contributed by atoms with van der Waals surface area (Å²) in [5, 5.41) is 0. The van der Waals surface area contributed by atoms with Gasteiger partial charge in [-0.2, -0.15) is 14.5 Å². The van der Waals surface area contributed by atoms with E-state index in [1.165, 1.54) is 42.0 Å². The van der Waals surface area contributed by atoms with E-state index in [1.54, 1.807) is 24.3 Å². The third-order valence-corrected chi connectivity index (χ3v) is 4.29. The summed E-state index contributed by atoms with van der Waals surface area (Å²) in [5.41, 5.74) is 0.708. The highest BCUT2D eigenvalue weighted by molar-refractivity contribution is 6.70. The molecule has 0 radical (unpaired) electrons. The first-order valence-corrected chi connectivity index (χ1v) is 8.30. The van der Waals surface area contributed by atoms with Crippen molar-refractivity contribution in [3.63, 3.8) is 0 Å². The predicted octanol–water partition coefficient (Wildman–Crippen LogP) is 0.436. The molecule has 0 fully saturated rings. The molecule has 1 aromatic carbocycles. The molecule has 0 N–H and O–H groups in total. The lowest BCUT2D eigenvalue weighted by molar-refractivity contribution is -0.401. The minimum Gasteiger partial charge on any atom is -0.484 e. The molecular weight excluding hydrogens is 364 g/mol. The molecule has 0 saturated carbocycles. The van der Waals surface area contributed by atoms with Crippen LogP contribution in [0.15, 0.2) is 53.0 Å². The maximum absolute atomic E-state index is 12.3. The van der Waals surface area contributed by atoms with Gasteiger partial charge in [0, 0.05) is 18.0 Å². The van der Waals surface area contributed by atoms with Gasteiger partial charge in [-0.3, -0.25) is 9.36 Å². The Morgan fingerprint density at radius 1 is 1.25 bits per heavy atom. The van der Waals surface area contributed by atoms with E-state index in [0.717, 1.165) is 4.90 Å². The third kappa shape index (κ3) is 2.90. The van der Waals surface area contributed by atoms with Crippen molar-refractivity contribution in [3.8, 4) is 5.75 Å². The van der Waals surface area contributed by atoms with Crippen LogP contribution in [0.5, 0.6) is 5.75 Å². The quantitative estimate of drug-likeness (QED) is 0.716. The second-order valence-corrected chi connectivity index (χ2v) is 6.11. The highest BCUT2D eigenvalue weighted by Gasteiger charge is 2.44. The Labute approximate surface area is 159 Å². The molecule has 140 valence electrons. The maximum atomic E-state index is 12.3. The van der Waals surface area contributed by atoms with Gasteiger partial charge in [0.05, 0.1) is 14.1 Å². The average molecular weight is 379 g/mol. The number of carbonyl (C=O) groups is 3. The number of hydrogen-bond donors (Lipinski definition) is 0. The number of imidazole rings is 1. The number of rotatable bonds is 4. The molecule has 1 aromatic heterocycles. The molecule has 0 spiro atoms. The van der Waals surface area contributed by atoms with Crippen LogP contribution < -0.4 is 4.74 Å². The van der Waals surface area contributed by atoms with Crippen LogP contribution in [-0.2, 0) is 4.79 Å². The SMILES string of the molecule is CN1C(=O)C2=NC(c3cccc(OCC(=O)n4ccnc4)c3)=NC2=[N+](C)C1=O. The normalized spacial score (nSPS) is 16.1. The van der Waals surface area contributed by atoms with Crippen LogP contribution in [0.4, 0.5) is 4.79 Å². The Kier molecular flexibility index (Phi) is 4.15. The topological polar surface area (TPSA) is 109 Å². The molecule has 2 aliphatic rings. The molecule has 3 heterocycles. The zero-order valence-electron chi connectivity index (χ0n) is 15.1. The highest BCUT2D eigenvalue weighted by atomic mass is 16.5. The largest absolute Gasteiger partial charge is 0.484 e. The van der Waals surface area contributed by atoms with E-state index >= 15 is 0 Å². The van der Waals surface area contributed by atoms with Gasteiger partial charge in [-0.25, -0.2) is 14.6 Å². The van der Waals surface area contributed by atoms with E-state index in [1.807, 2.05) is 0 Å². The lowest BCUT2D eigenvalue weighted by atomic mass is 10.2. The Bertz CT molecular complexity index is 1100. The zero-order valence-corrected chi connectivity index (χ0v) is 15.1. The van der Waals surface area contributed by atoms with E-state index in [9.17, 15) is 14.4 Å². The number of benzene rings is 1. The minimum absolute atomic E-state index is 0.112. The third-order valence-electron chi connectivity index (χ3n) is 4.29. The first-order valence-electron chi connectivity index (χ1n) is 8.30. The molecule has 2 aromatic rings. The number of hydrogen-bond acceptors (Lipinski definition) is 7. The number of aliphatic imine (C=N–C) groups is 2. The van der Waals surface area contributed by atoms with E-state index in [0.29, 0.717) is 17.1 Å². The monoisotopic (exact) mass is 379 g/mol. The van der Waals surface area contributed by atoms with Crippen molar-refractivity contribution < 1.29 is 23.7 Å². The van der Waals surface area contributed by atoms with Crippen molar-refractivity contribution in [2.24, 2.45) is 9.98 Å². The van der Waals surface area contributed by atoms with Crippen molar-refractivity contribution in [3.05, 3.63) is 48.5 Å². The van der Waals surface area contributed by atoms with Gasteiger partial charge in [0.1, 0.15) is 12.1 Å². The Morgan fingerprint density at radius 2 is 2.07 bits per heavy atom. The van der Waals surface area contributed by atoms with Crippen LogP contribution in [0.25, 0.3) is 0 Å². The number of nitrogens with zero attached hydrogens (tertiary/aromatic N) is 6. The van der Waals surface area contributed by atoms with Crippen molar-refractivity contribution in [1.29, 1.82) is 0 Å². The summed E-state index contributed by atoms with van der Waals surface area (Å²) in [6.07, 6.45) is 4.44. The predicted molar refractivity (Wildman–Crippen MR) is 98.1 cm³/mol. The van der Waals surface area contributed by atoms with Gasteiger partial charge < -0.3 is 4.74 Å². The summed E-state index contributed by atoms with van der Waals surface area (Å²) in [6.45, 7) is -0.168. The first kappa shape index (κ1) is 17.5. The van der Waals surface area contributed by atoms with Gasteiger partial charge in [0.15, 0.2) is 6.61 Å². The smallest absolute Gasteiger partial charge is 0.446 e. The number of amidine groups is 2. The number of amides is 3. The second-order valence-electron chi connectivity index (χ2n) is 6.11. The summed E-state index contributed by atoms with van der Waals surface area (Å²) >= 11 is 0. The van der Waals surface area contributed by atoms with Crippen LogP contribution in [0.3, 0.4) is 0 Å². The molecule has 0 atom stereocenters. The van der Waals surface area contributed by atoms with Gasteiger partial charge in [-0.15, -0.1) is 0 Å². The Balaban J connectivity index is 1.57. The second kappa shape index (κ2) is 6.65. The van der Waals surface area contributed by atoms with E-state index in [-0.39, 0.29) is 24.1 Å². The van der Waals surface area contributed by atoms with Crippen LogP contribution in [0.2, 0.25) is 0 Å². The van der Waals surface area contributed by atoms with Crippen molar-refractivity contribution in [1.82, 2.24) is 14.5 Å². The Morgan fingerprint density at radius 3 is 2.82 bits per heavy atom. The van der Waals surface area contributed by atoms with E-state index < -0.39 is 11.9 Å². The number of urea groups is 1. The standard InChI is InChI=1S/C18H15N6O4/c1-22-16-14(17(26)23(2)18(22)27)20-15(21-16)11-4-3-5-12(8-11)28-9-13(25)24-7-6-19-10-24/h3-8,10H,9H2,1-2H3/q+1. The number of ether oxygens (including phenoxy) is 1. The van der Waals surface area contributed by atoms with Crippen LogP contribution in [-0.4, -0.2) is 75.0 Å². The number of fused-ring (bicyclic) bond motifs is 1. The maximum Gasteiger partial charge on any atom is 0.446 e. The summed E-state index contributed by atoms with van der Waals surface area (Å²) in [7, 11) is 2.92. The highest BCUT2D eigenvalue weighted by Crippen LogP contribution is 2.19. The fraction of sp³-hybridized carbons (Fsp3) is 0.167. The van der Waals surface area contributed by atoms with Crippen LogP contribution in [0, 0.1) is 0 Å². The molecule has 3 amide bonds. The molecule has 0 unspecified atom stereocenters. The fourth-order valence-corrected chi connectivity index (χ4v) is 2.75. The van der Waals surface area contributed by atoms with Gasteiger partial charge in [-0.05, 0) is 18.2 Å². The van der Waals surface area contributed by atoms with Crippen LogP contribution >= 0.6 is 0 Å². The molecule has 0 bridgehead atoms. The van der Waals surface area contributed by atoms with E-state index in [4.69, 9.17) is 4.74 Å². The van der Waals surface area contributed by atoms with Gasteiger partial charge in [0.2, 0.25) is 11.5 Å². The molecule has 4 rings (SSSR count). The van der Waals surface area contributed by atoms with Crippen molar-refractivity contribution in [2.75, 3.05) is 20.7 Å².